The van der Waals surface area contributed by atoms with Crippen LogP contribution in [0.3, 0.4) is 0 Å². The number of hydrogen-bond donors (Lipinski definition) is 0. The van der Waals surface area contributed by atoms with Gasteiger partial charge in [-0.3, -0.25) is 0 Å². The molecule has 0 bridgehead atoms. The van der Waals surface area contributed by atoms with Gasteiger partial charge in [-0.1, -0.05) is 39.7 Å². The predicted octanol–water partition coefficient (Wildman–Crippen LogP) is 5.18. The summed E-state index contributed by atoms with van der Waals surface area (Å²) < 4.78 is 6.31. The Bertz CT molecular complexity index is 868. The number of halogens is 2. The molecule has 0 unspecified atom stereocenters. The van der Waals surface area contributed by atoms with E-state index in [4.69, 9.17) is 16.0 Å². The fourth-order valence-electron chi connectivity index (χ4n) is 2.30. The van der Waals surface area contributed by atoms with Crippen molar-refractivity contribution in [1.29, 1.82) is 0 Å². The molecule has 2 nitrogen and oxygen atoms in total. The van der Waals surface area contributed by atoms with Crippen molar-refractivity contribution in [2.45, 2.75) is 6.92 Å². The first-order chi connectivity index (χ1) is 9.56. The van der Waals surface area contributed by atoms with Gasteiger partial charge in [0.2, 0.25) is 0 Å². The maximum absolute atomic E-state index is 12.2. The number of fused-ring (bicyclic) bond motifs is 1. The lowest BCUT2D eigenvalue weighted by atomic mass is 10.00. The number of rotatable bonds is 1. The van der Waals surface area contributed by atoms with Crippen molar-refractivity contribution >= 4 is 38.5 Å². The molecule has 0 atom stereocenters. The monoisotopic (exact) mass is 348 g/mol. The topological polar surface area (TPSA) is 30.2 Å². The molecule has 0 N–H and O–H groups in total. The van der Waals surface area contributed by atoms with E-state index in [1.165, 1.54) is 0 Å². The Morgan fingerprint density at radius 2 is 1.95 bits per heavy atom. The number of aryl methyl sites for hydroxylation is 1. The fourth-order valence-corrected chi connectivity index (χ4v) is 2.87. The Kier molecular flexibility index (Phi) is 3.40. The van der Waals surface area contributed by atoms with Gasteiger partial charge in [-0.25, -0.2) is 4.79 Å². The lowest BCUT2D eigenvalue weighted by Gasteiger charge is -2.08. The van der Waals surface area contributed by atoms with E-state index in [0.29, 0.717) is 16.2 Å². The van der Waals surface area contributed by atoms with Gasteiger partial charge >= 0.3 is 5.63 Å². The summed E-state index contributed by atoms with van der Waals surface area (Å²) in [5.74, 6) is 0. The average molecular weight is 350 g/mol. The van der Waals surface area contributed by atoms with Crippen molar-refractivity contribution in [1.82, 2.24) is 0 Å². The van der Waals surface area contributed by atoms with Crippen LogP contribution >= 0.6 is 27.5 Å². The molecule has 0 amide bonds. The zero-order valence-electron chi connectivity index (χ0n) is 10.6. The summed E-state index contributed by atoms with van der Waals surface area (Å²) in [6.07, 6.45) is 0. The highest BCUT2D eigenvalue weighted by atomic mass is 79.9. The molecule has 0 saturated heterocycles. The summed E-state index contributed by atoms with van der Waals surface area (Å²) >= 11 is 9.44. The Morgan fingerprint density at radius 1 is 1.15 bits per heavy atom. The van der Waals surface area contributed by atoms with Crippen molar-refractivity contribution in [2.75, 3.05) is 0 Å². The van der Waals surface area contributed by atoms with Gasteiger partial charge in [0.15, 0.2) is 0 Å². The average Bonchev–Trinajstić information content (AvgIpc) is 2.40. The predicted molar refractivity (Wildman–Crippen MR) is 85.4 cm³/mol. The number of hydrogen-bond acceptors (Lipinski definition) is 2. The van der Waals surface area contributed by atoms with E-state index in [1.807, 2.05) is 37.3 Å². The summed E-state index contributed by atoms with van der Waals surface area (Å²) in [4.78, 5) is 12.2. The van der Waals surface area contributed by atoms with E-state index in [9.17, 15) is 4.79 Å². The molecule has 20 heavy (non-hydrogen) atoms. The maximum Gasteiger partial charge on any atom is 0.344 e. The van der Waals surface area contributed by atoms with Crippen molar-refractivity contribution in [3.8, 4) is 11.1 Å². The van der Waals surface area contributed by atoms with Gasteiger partial charge in [0.25, 0.3) is 0 Å². The lowest BCUT2D eigenvalue weighted by Crippen LogP contribution is -2.05. The Morgan fingerprint density at radius 3 is 2.70 bits per heavy atom. The summed E-state index contributed by atoms with van der Waals surface area (Å²) in [7, 11) is 0. The van der Waals surface area contributed by atoms with Gasteiger partial charge in [0, 0.05) is 14.9 Å². The third-order valence-electron chi connectivity index (χ3n) is 3.24. The van der Waals surface area contributed by atoms with Crippen LogP contribution in [0.5, 0.6) is 0 Å². The second kappa shape index (κ2) is 5.08. The van der Waals surface area contributed by atoms with Crippen LogP contribution in [-0.4, -0.2) is 0 Å². The Hall–Kier alpha value is -1.58. The molecule has 3 aromatic rings. The van der Waals surface area contributed by atoms with E-state index in [2.05, 4.69) is 15.9 Å². The van der Waals surface area contributed by atoms with Crippen LogP contribution in [0.15, 0.2) is 56.1 Å². The zero-order chi connectivity index (χ0) is 14.3. The quantitative estimate of drug-likeness (QED) is 0.566. The second-order valence-corrected chi connectivity index (χ2v) is 5.89. The van der Waals surface area contributed by atoms with Gasteiger partial charge in [-0.05, 0) is 48.4 Å². The first-order valence-electron chi connectivity index (χ1n) is 6.05. The van der Waals surface area contributed by atoms with Crippen LogP contribution in [0.25, 0.3) is 22.1 Å². The molecule has 0 aliphatic heterocycles. The third-order valence-corrected chi connectivity index (χ3v) is 3.97. The van der Waals surface area contributed by atoms with Crippen molar-refractivity contribution < 1.29 is 4.42 Å². The largest absolute Gasteiger partial charge is 0.422 e. The summed E-state index contributed by atoms with van der Waals surface area (Å²) in [6, 6.07) is 12.8. The van der Waals surface area contributed by atoms with Crippen LogP contribution in [-0.2, 0) is 0 Å². The minimum absolute atomic E-state index is 0.338. The molecule has 4 heteroatoms. The van der Waals surface area contributed by atoms with Gasteiger partial charge in [-0.2, -0.15) is 0 Å². The van der Waals surface area contributed by atoms with Crippen LogP contribution in [0, 0.1) is 6.92 Å². The zero-order valence-corrected chi connectivity index (χ0v) is 13.0. The second-order valence-electron chi connectivity index (χ2n) is 4.54. The Balaban J connectivity index is 2.39. The first-order valence-corrected chi connectivity index (χ1v) is 7.22. The maximum atomic E-state index is 12.2. The fraction of sp³-hybridized carbons (Fsp3) is 0.0625. The number of benzene rings is 2. The highest BCUT2D eigenvalue weighted by molar-refractivity contribution is 9.10. The molecule has 2 aromatic carbocycles. The van der Waals surface area contributed by atoms with E-state index >= 15 is 0 Å². The summed E-state index contributed by atoms with van der Waals surface area (Å²) in [5, 5.41) is 1.47. The van der Waals surface area contributed by atoms with Crippen LogP contribution in [0.1, 0.15) is 5.56 Å². The van der Waals surface area contributed by atoms with Crippen LogP contribution in [0.2, 0.25) is 5.02 Å². The smallest absolute Gasteiger partial charge is 0.344 e. The van der Waals surface area contributed by atoms with Gasteiger partial charge in [-0.15, -0.1) is 0 Å². The minimum Gasteiger partial charge on any atom is -0.422 e. The lowest BCUT2D eigenvalue weighted by molar-refractivity contribution is 0.562. The van der Waals surface area contributed by atoms with E-state index < -0.39 is 0 Å². The molecule has 0 radical (unpaired) electrons. The molecule has 1 aromatic heterocycles. The van der Waals surface area contributed by atoms with E-state index in [0.717, 1.165) is 21.0 Å². The SMILES string of the molecule is Cc1c(-c2cccc(Br)c2)c(=O)oc2ccc(Cl)cc12. The molecule has 0 saturated carbocycles. The Labute approximate surface area is 129 Å². The molecular formula is C16H10BrClO2. The molecular weight excluding hydrogens is 340 g/mol. The van der Waals surface area contributed by atoms with Crippen molar-refractivity contribution in [2.24, 2.45) is 0 Å². The van der Waals surface area contributed by atoms with Crippen LogP contribution < -0.4 is 5.63 Å². The van der Waals surface area contributed by atoms with Gasteiger partial charge in [0.1, 0.15) is 5.58 Å². The third kappa shape index (κ3) is 2.28. The molecule has 100 valence electrons. The van der Waals surface area contributed by atoms with Gasteiger partial charge < -0.3 is 4.42 Å². The molecule has 0 spiro atoms. The standard InChI is InChI=1S/C16H10BrClO2/c1-9-13-8-12(18)5-6-14(13)20-16(19)15(9)10-3-2-4-11(17)7-10/h2-8H,1H3. The highest BCUT2D eigenvalue weighted by Gasteiger charge is 2.13. The van der Waals surface area contributed by atoms with E-state index in [1.54, 1.807) is 12.1 Å². The van der Waals surface area contributed by atoms with E-state index in [-0.39, 0.29) is 5.63 Å². The van der Waals surface area contributed by atoms with Crippen LogP contribution in [0.4, 0.5) is 0 Å². The summed E-state index contributed by atoms with van der Waals surface area (Å²) in [5.41, 5.74) is 2.48. The molecule has 0 aliphatic carbocycles. The van der Waals surface area contributed by atoms with Crippen molar-refractivity contribution in [3.05, 3.63) is 67.9 Å². The highest BCUT2D eigenvalue weighted by Crippen LogP contribution is 2.29. The minimum atomic E-state index is -0.338. The summed E-state index contributed by atoms with van der Waals surface area (Å²) in [6.45, 7) is 1.91. The molecule has 1 heterocycles. The molecule has 0 aliphatic rings. The normalized spacial score (nSPS) is 10.9. The first kappa shape index (κ1) is 13.4. The van der Waals surface area contributed by atoms with Crippen molar-refractivity contribution in [3.63, 3.8) is 0 Å². The molecule has 0 fully saturated rings. The van der Waals surface area contributed by atoms with Gasteiger partial charge in [0.05, 0.1) is 5.56 Å². The molecule has 3 rings (SSSR count).